The van der Waals surface area contributed by atoms with Gasteiger partial charge in [0.15, 0.2) is 4.77 Å². The molecule has 3 heterocycles. The second-order valence-electron chi connectivity index (χ2n) is 6.62. The fourth-order valence-corrected chi connectivity index (χ4v) is 3.67. The van der Waals surface area contributed by atoms with Gasteiger partial charge >= 0.3 is 6.18 Å². The number of hydrogen-bond donors (Lipinski definition) is 1. The van der Waals surface area contributed by atoms with Gasteiger partial charge in [0, 0.05) is 12.2 Å². The Morgan fingerprint density at radius 2 is 2.04 bits per heavy atom. The molecule has 0 aliphatic carbocycles. The van der Waals surface area contributed by atoms with Gasteiger partial charge in [-0.2, -0.15) is 13.2 Å². The normalized spacial score (nSPS) is 17.3. The van der Waals surface area contributed by atoms with Crippen molar-refractivity contribution in [3.8, 4) is 11.3 Å². The van der Waals surface area contributed by atoms with Gasteiger partial charge in [-0.1, -0.05) is 30.3 Å². The number of nitrogens with one attached hydrogen (secondary N) is 1. The Balaban J connectivity index is 2.04. The van der Waals surface area contributed by atoms with E-state index >= 15 is 0 Å². The minimum atomic E-state index is -4.72. The van der Waals surface area contributed by atoms with E-state index in [4.69, 9.17) is 17.0 Å². The van der Waals surface area contributed by atoms with Crippen LogP contribution in [0.2, 0.25) is 0 Å². The van der Waals surface area contributed by atoms with Crippen LogP contribution in [0.1, 0.15) is 18.4 Å². The lowest BCUT2D eigenvalue weighted by atomic mass is 10.1. The van der Waals surface area contributed by atoms with Crippen molar-refractivity contribution < 1.29 is 17.9 Å². The molecular weight excluding hydrogens is 391 g/mol. The van der Waals surface area contributed by atoms with Crippen LogP contribution in [-0.4, -0.2) is 27.2 Å². The molecule has 0 saturated carbocycles. The Morgan fingerprint density at radius 1 is 1.29 bits per heavy atom. The van der Waals surface area contributed by atoms with Crippen molar-refractivity contribution in [1.29, 1.82) is 0 Å². The lowest BCUT2D eigenvalue weighted by molar-refractivity contribution is -0.136. The maximum atomic E-state index is 13.8. The van der Waals surface area contributed by atoms with Crippen LogP contribution in [-0.2, 0) is 17.5 Å². The van der Waals surface area contributed by atoms with E-state index in [-0.39, 0.29) is 28.8 Å². The van der Waals surface area contributed by atoms with Crippen LogP contribution >= 0.6 is 12.2 Å². The van der Waals surface area contributed by atoms with Crippen LogP contribution in [0.4, 0.5) is 13.2 Å². The van der Waals surface area contributed by atoms with E-state index in [1.807, 2.05) is 0 Å². The molecular formula is C19H16F3N3O2S. The number of fused-ring (bicyclic) bond motifs is 1. The summed E-state index contributed by atoms with van der Waals surface area (Å²) in [5.41, 5.74) is -1.37. The quantitative estimate of drug-likeness (QED) is 0.657. The third-order valence-corrected chi connectivity index (χ3v) is 5.06. The Kier molecular flexibility index (Phi) is 4.80. The first-order valence-electron chi connectivity index (χ1n) is 8.76. The average molecular weight is 407 g/mol. The van der Waals surface area contributed by atoms with Crippen molar-refractivity contribution in [3.63, 3.8) is 0 Å². The lowest BCUT2D eigenvalue weighted by Gasteiger charge is -2.18. The van der Waals surface area contributed by atoms with Crippen molar-refractivity contribution in [3.05, 3.63) is 57.1 Å². The van der Waals surface area contributed by atoms with Gasteiger partial charge in [0.25, 0.3) is 5.56 Å². The summed E-state index contributed by atoms with van der Waals surface area (Å²) in [4.78, 5) is 19.2. The first-order chi connectivity index (χ1) is 13.3. The summed E-state index contributed by atoms with van der Waals surface area (Å²) in [5.74, 6) is 0. The molecule has 1 aromatic carbocycles. The zero-order valence-electron chi connectivity index (χ0n) is 14.6. The Hall–Kier alpha value is -2.52. The molecule has 4 rings (SSSR count). The van der Waals surface area contributed by atoms with E-state index < -0.39 is 22.7 Å². The summed E-state index contributed by atoms with van der Waals surface area (Å²) in [7, 11) is 0. The first kappa shape index (κ1) is 18.8. The SMILES string of the molecule is O=c1[nH]c(=S)n(CC2CCCO2)c2nc(-c3ccccc3)cc(C(F)(F)F)c12. The topological polar surface area (TPSA) is 59.9 Å². The van der Waals surface area contributed by atoms with Crippen molar-refractivity contribution in [2.45, 2.75) is 31.7 Å². The van der Waals surface area contributed by atoms with Gasteiger partial charge in [0.1, 0.15) is 5.65 Å². The molecule has 1 fully saturated rings. The van der Waals surface area contributed by atoms with E-state index in [2.05, 4.69) is 9.97 Å². The maximum Gasteiger partial charge on any atom is 0.417 e. The molecule has 1 atom stereocenters. The number of aromatic nitrogens is 3. The molecule has 1 unspecified atom stereocenters. The number of benzene rings is 1. The largest absolute Gasteiger partial charge is 0.417 e. The highest BCUT2D eigenvalue weighted by Gasteiger charge is 2.35. The predicted molar refractivity (Wildman–Crippen MR) is 101 cm³/mol. The summed E-state index contributed by atoms with van der Waals surface area (Å²) in [6, 6.07) is 9.43. The van der Waals surface area contributed by atoms with Crippen LogP contribution < -0.4 is 5.56 Å². The van der Waals surface area contributed by atoms with E-state index in [0.717, 1.165) is 18.9 Å². The van der Waals surface area contributed by atoms with Gasteiger partial charge in [-0.25, -0.2) is 4.98 Å². The monoisotopic (exact) mass is 407 g/mol. The van der Waals surface area contributed by atoms with Crippen LogP contribution in [0, 0.1) is 4.77 Å². The van der Waals surface area contributed by atoms with Crippen molar-refractivity contribution in [1.82, 2.24) is 14.5 Å². The second kappa shape index (κ2) is 7.14. The van der Waals surface area contributed by atoms with Crippen LogP contribution in [0.25, 0.3) is 22.3 Å². The Labute approximate surface area is 162 Å². The average Bonchev–Trinajstić information content (AvgIpc) is 3.17. The molecule has 1 N–H and O–H groups in total. The van der Waals surface area contributed by atoms with E-state index in [1.165, 1.54) is 4.57 Å². The number of alkyl halides is 3. The van der Waals surface area contributed by atoms with Crippen LogP contribution in [0.15, 0.2) is 41.2 Å². The van der Waals surface area contributed by atoms with Crippen molar-refractivity contribution in [2.75, 3.05) is 6.61 Å². The molecule has 146 valence electrons. The second-order valence-corrected chi connectivity index (χ2v) is 7.01. The summed E-state index contributed by atoms with van der Waals surface area (Å²) in [5, 5.41) is -0.515. The zero-order chi connectivity index (χ0) is 19.9. The number of hydrogen-bond acceptors (Lipinski definition) is 4. The maximum absolute atomic E-state index is 13.8. The fourth-order valence-electron chi connectivity index (χ4n) is 3.42. The Morgan fingerprint density at radius 3 is 2.68 bits per heavy atom. The summed E-state index contributed by atoms with van der Waals surface area (Å²) < 4.78 is 48.4. The molecule has 3 aromatic rings. The van der Waals surface area contributed by atoms with Gasteiger partial charge < -0.3 is 4.74 Å². The highest BCUT2D eigenvalue weighted by molar-refractivity contribution is 7.71. The summed E-state index contributed by atoms with van der Waals surface area (Å²) in [6.07, 6.45) is -3.26. The molecule has 0 spiro atoms. The number of aromatic amines is 1. The van der Waals surface area contributed by atoms with E-state index in [0.29, 0.717) is 12.2 Å². The molecule has 1 saturated heterocycles. The number of nitrogens with zero attached hydrogens (tertiary/aromatic N) is 2. The third kappa shape index (κ3) is 3.47. The molecule has 0 amide bonds. The number of H-pyrrole nitrogens is 1. The first-order valence-corrected chi connectivity index (χ1v) is 9.17. The molecule has 2 aromatic heterocycles. The van der Waals surface area contributed by atoms with Crippen LogP contribution in [0.5, 0.6) is 0 Å². The molecule has 0 radical (unpaired) electrons. The van der Waals surface area contributed by atoms with Gasteiger partial charge in [-0.15, -0.1) is 0 Å². The van der Waals surface area contributed by atoms with Gasteiger partial charge in [-0.3, -0.25) is 14.3 Å². The fraction of sp³-hybridized carbons (Fsp3) is 0.316. The zero-order valence-corrected chi connectivity index (χ0v) is 15.4. The molecule has 9 heteroatoms. The summed E-state index contributed by atoms with van der Waals surface area (Å²) in [6.45, 7) is 0.824. The molecule has 5 nitrogen and oxygen atoms in total. The highest BCUT2D eigenvalue weighted by Crippen LogP contribution is 2.35. The molecule has 1 aliphatic rings. The molecule has 0 bridgehead atoms. The number of halogens is 3. The van der Waals surface area contributed by atoms with E-state index in [9.17, 15) is 18.0 Å². The van der Waals surface area contributed by atoms with Gasteiger partial charge in [0.05, 0.1) is 29.3 Å². The Bertz CT molecular complexity index is 1130. The highest BCUT2D eigenvalue weighted by atomic mass is 32.1. The van der Waals surface area contributed by atoms with Crippen LogP contribution in [0.3, 0.4) is 0 Å². The van der Waals surface area contributed by atoms with E-state index in [1.54, 1.807) is 30.3 Å². The summed E-state index contributed by atoms with van der Waals surface area (Å²) >= 11 is 5.23. The minimum absolute atomic E-state index is 0.0267. The predicted octanol–water partition coefficient (Wildman–Crippen LogP) is 4.32. The van der Waals surface area contributed by atoms with Gasteiger partial charge in [-0.05, 0) is 31.1 Å². The third-order valence-electron chi connectivity index (χ3n) is 4.73. The molecule has 1 aliphatic heterocycles. The van der Waals surface area contributed by atoms with Gasteiger partial charge in [0.2, 0.25) is 0 Å². The standard InChI is InChI=1S/C19H16F3N3O2S/c20-19(21,22)13-9-14(11-5-2-1-3-6-11)23-16-15(13)17(26)24-18(28)25(16)10-12-7-4-8-27-12/h1-3,5-6,9,12H,4,7-8,10H2,(H,24,26,28). The number of ether oxygens (including phenoxy) is 1. The van der Waals surface area contributed by atoms with Crippen molar-refractivity contribution in [2.24, 2.45) is 0 Å². The lowest BCUT2D eigenvalue weighted by Crippen LogP contribution is -2.24. The number of pyridine rings is 1. The van der Waals surface area contributed by atoms with Crippen molar-refractivity contribution >= 4 is 23.3 Å². The minimum Gasteiger partial charge on any atom is -0.376 e. The number of rotatable bonds is 3. The smallest absolute Gasteiger partial charge is 0.376 e. The molecule has 28 heavy (non-hydrogen) atoms.